The summed E-state index contributed by atoms with van der Waals surface area (Å²) in [7, 11) is 0. The maximum absolute atomic E-state index is 14.9. The van der Waals surface area contributed by atoms with Crippen molar-refractivity contribution in [2.24, 2.45) is 45.3 Å². The summed E-state index contributed by atoms with van der Waals surface area (Å²) in [5, 5.41) is 56.6. The van der Waals surface area contributed by atoms with Crippen LogP contribution in [-0.2, 0) is 14.4 Å². The number of hydrogen-bond acceptors (Lipinski definition) is 7. The molecule has 0 amide bonds. The van der Waals surface area contributed by atoms with Gasteiger partial charge in [-0.05, 0) is 72.6 Å². The minimum atomic E-state index is -1.66. The molecule has 0 heterocycles. The molecule has 2 saturated carbocycles. The Kier molecular flexibility index (Phi) is 8.74. The molecular formula is C42H54O8. The van der Waals surface area contributed by atoms with Crippen LogP contribution in [0.1, 0.15) is 92.6 Å². The van der Waals surface area contributed by atoms with Crippen LogP contribution in [0.2, 0.25) is 0 Å². The van der Waals surface area contributed by atoms with Gasteiger partial charge in [0.05, 0.1) is 17.8 Å². The van der Waals surface area contributed by atoms with Gasteiger partial charge in [0, 0.05) is 52.6 Å². The number of carboxylic acid groups (broad SMARTS) is 1. The summed E-state index contributed by atoms with van der Waals surface area (Å²) < 4.78 is 0. The monoisotopic (exact) mass is 686 g/mol. The molecule has 5 N–H and O–H groups in total. The number of fused-ring (bicyclic) bond motifs is 2. The lowest BCUT2D eigenvalue weighted by atomic mass is 9.36. The van der Waals surface area contributed by atoms with Gasteiger partial charge < -0.3 is 25.5 Å². The van der Waals surface area contributed by atoms with E-state index < -0.39 is 62.9 Å². The zero-order valence-electron chi connectivity index (χ0n) is 30.4. The number of carbonyl (C=O) groups excluding carboxylic acids is 2. The van der Waals surface area contributed by atoms with Gasteiger partial charge in [0.15, 0.2) is 5.78 Å². The van der Waals surface area contributed by atoms with E-state index in [0.717, 1.165) is 5.56 Å². The lowest BCUT2D eigenvalue weighted by Crippen LogP contribution is -2.69. The van der Waals surface area contributed by atoms with E-state index in [4.69, 9.17) is 0 Å². The van der Waals surface area contributed by atoms with E-state index in [1.165, 1.54) is 13.0 Å². The number of aliphatic hydroxyl groups excluding tert-OH is 2. The summed E-state index contributed by atoms with van der Waals surface area (Å²) in [4.78, 5) is 40.4. The first-order chi connectivity index (χ1) is 23.2. The zero-order valence-corrected chi connectivity index (χ0v) is 30.4. The Labute approximate surface area is 295 Å². The first-order valence-corrected chi connectivity index (χ1v) is 18.2. The number of rotatable bonds is 9. The van der Waals surface area contributed by atoms with Crippen molar-refractivity contribution in [1.29, 1.82) is 0 Å². The van der Waals surface area contributed by atoms with E-state index in [1.807, 2.05) is 77.1 Å². The van der Waals surface area contributed by atoms with E-state index >= 15 is 0 Å². The number of carbonyl (C=O) groups is 3. The summed E-state index contributed by atoms with van der Waals surface area (Å²) in [6.45, 7) is 13.5. The Morgan fingerprint density at radius 2 is 1.66 bits per heavy atom. The van der Waals surface area contributed by atoms with Gasteiger partial charge in [0.25, 0.3) is 0 Å². The molecule has 0 aromatic heterocycles. The Morgan fingerprint density at radius 3 is 2.28 bits per heavy atom. The van der Waals surface area contributed by atoms with Crippen LogP contribution in [0, 0.1) is 45.3 Å². The Balaban J connectivity index is 1.50. The third-order valence-corrected chi connectivity index (χ3v) is 14.2. The standard InChI is InChI=1S/C42H54O8/c1-24(19-28(44)21-27(36(47)48)20-25(2)43)30-22-41(49)17-18-42(50)29(14-13-26-11-9-8-10-12-26)34-37(3,4)32(46)15-16-38(34,5)33-31(45)23-39(30,6)40(41,7)35(33)42/h8-14,17-18,21,24-25,28-30,34,43-44,49-50H,15-16,19-20,22-23H2,1-7H3,(H,47,48)/b14-13+,27-21+/t24-,25+,28+,29+,30-,34-,38-,39-,40+,41+,42-/m1/s1. The molecule has 5 aliphatic carbocycles. The van der Waals surface area contributed by atoms with Gasteiger partial charge >= 0.3 is 5.97 Å². The van der Waals surface area contributed by atoms with E-state index in [9.17, 15) is 39.9 Å². The number of aliphatic carboxylic acids is 1. The van der Waals surface area contributed by atoms with Gasteiger partial charge in [0.1, 0.15) is 11.4 Å². The van der Waals surface area contributed by atoms with Gasteiger partial charge in [-0.1, -0.05) is 90.1 Å². The van der Waals surface area contributed by atoms with Crippen molar-refractivity contribution in [3.8, 4) is 0 Å². The van der Waals surface area contributed by atoms with Crippen molar-refractivity contribution in [3.05, 3.63) is 76.9 Å². The average molecular weight is 687 g/mol. The maximum Gasteiger partial charge on any atom is 0.331 e. The molecule has 0 bridgehead atoms. The first kappa shape index (κ1) is 36.6. The van der Waals surface area contributed by atoms with E-state index in [-0.39, 0.29) is 48.2 Å². The zero-order chi connectivity index (χ0) is 36.8. The quantitative estimate of drug-likeness (QED) is 0.160. The molecule has 5 aliphatic rings. The summed E-state index contributed by atoms with van der Waals surface area (Å²) in [5.41, 5.74) is -4.52. The van der Waals surface area contributed by atoms with Gasteiger partial charge in [-0.2, -0.15) is 0 Å². The highest BCUT2D eigenvalue weighted by Gasteiger charge is 2.78. The molecular weight excluding hydrogens is 632 g/mol. The van der Waals surface area contributed by atoms with Crippen molar-refractivity contribution >= 4 is 23.6 Å². The van der Waals surface area contributed by atoms with E-state index in [0.29, 0.717) is 30.4 Å². The summed E-state index contributed by atoms with van der Waals surface area (Å²) in [6, 6.07) is 9.81. The molecule has 6 rings (SSSR count). The molecule has 0 unspecified atom stereocenters. The Bertz CT molecular complexity index is 1720. The van der Waals surface area contributed by atoms with E-state index in [1.54, 1.807) is 12.2 Å². The highest BCUT2D eigenvalue weighted by molar-refractivity contribution is 6.02. The number of carboxylic acids is 1. The summed E-state index contributed by atoms with van der Waals surface area (Å²) in [5.74, 6) is -2.65. The van der Waals surface area contributed by atoms with Crippen LogP contribution < -0.4 is 0 Å². The van der Waals surface area contributed by atoms with Crippen LogP contribution in [-0.4, -0.2) is 66.5 Å². The predicted molar refractivity (Wildman–Crippen MR) is 190 cm³/mol. The Hall–Kier alpha value is -3.17. The predicted octanol–water partition coefficient (Wildman–Crippen LogP) is 5.84. The second-order valence-electron chi connectivity index (χ2n) is 17.5. The normalized spacial score (nSPS) is 40.8. The number of benzene rings is 1. The Morgan fingerprint density at radius 1 is 1.00 bits per heavy atom. The van der Waals surface area contributed by atoms with Gasteiger partial charge in [-0.15, -0.1) is 0 Å². The highest BCUT2D eigenvalue weighted by atomic mass is 16.4. The minimum Gasteiger partial charge on any atom is -0.478 e. The fraction of sp³-hybridized carbons (Fsp3) is 0.595. The van der Waals surface area contributed by atoms with Gasteiger partial charge in [-0.25, -0.2) is 4.79 Å². The molecule has 1 aromatic rings. The fourth-order valence-electron chi connectivity index (χ4n) is 11.8. The minimum absolute atomic E-state index is 0.0659. The number of Topliss-reactive ketones (excluding diaryl/α,β-unsaturated/α-hetero) is 2. The molecule has 50 heavy (non-hydrogen) atoms. The topological polar surface area (TPSA) is 152 Å². The first-order valence-electron chi connectivity index (χ1n) is 18.2. The van der Waals surface area contributed by atoms with Gasteiger partial charge in [-0.3, -0.25) is 9.59 Å². The van der Waals surface area contributed by atoms with Crippen LogP contribution >= 0.6 is 0 Å². The molecule has 8 nitrogen and oxygen atoms in total. The summed E-state index contributed by atoms with van der Waals surface area (Å²) in [6.07, 6.45) is 8.04. The summed E-state index contributed by atoms with van der Waals surface area (Å²) >= 11 is 0. The van der Waals surface area contributed by atoms with Crippen molar-refractivity contribution in [1.82, 2.24) is 0 Å². The lowest BCUT2D eigenvalue weighted by molar-refractivity contribution is -0.161. The molecule has 0 radical (unpaired) electrons. The number of hydrogen-bond donors (Lipinski definition) is 5. The maximum atomic E-state index is 14.9. The molecule has 1 aromatic carbocycles. The molecule has 270 valence electrons. The third kappa shape index (κ3) is 5.03. The molecule has 2 fully saturated rings. The fourth-order valence-corrected chi connectivity index (χ4v) is 11.8. The average Bonchev–Trinajstić information content (AvgIpc) is 3.21. The van der Waals surface area contributed by atoms with Crippen LogP contribution in [0.4, 0.5) is 0 Å². The highest BCUT2D eigenvalue weighted by Crippen LogP contribution is 2.78. The van der Waals surface area contributed by atoms with Crippen molar-refractivity contribution in [2.45, 2.75) is 110 Å². The van der Waals surface area contributed by atoms with Crippen molar-refractivity contribution in [3.63, 3.8) is 0 Å². The molecule has 0 saturated heterocycles. The van der Waals surface area contributed by atoms with Crippen LogP contribution in [0.5, 0.6) is 0 Å². The number of aliphatic hydroxyl groups is 4. The molecule has 0 spiro atoms. The van der Waals surface area contributed by atoms with Crippen LogP contribution in [0.3, 0.4) is 0 Å². The van der Waals surface area contributed by atoms with Crippen LogP contribution in [0.15, 0.2) is 71.4 Å². The lowest BCUT2D eigenvalue weighted by Gasteiger charge is -2.68. The van der Waals surface area contributed by atoms with Gasteiger partial charge in [0.2, 0.25) is 0 Å². The van der Waals surface area contributed by atoms with Crippen molar-refractivity contribution in [2.75, 3.05) is 0 Å². The second kappa shape index (κ2) is 11.9. The van der Waals surface area contributed by atoms with Crippen LogP contribution in [0.25, 0.3) is 6.08 Å². The molecule has 0 aliphatic heterocycles. The SMILES string of the molecule is C[C@H](O)C/C(=C\[C@@H](O)C[C@@H](C)[C@H]1C[C@@]2(O)C=C[C@]3(O)C4=C(C(=O)C[C@@]1(C)[C@]42C)[C@@]1(C)CCC(=O)C(C)(C)[C@H]1[C@@H]3/C=C/c1ccccc1)C(=O)O. The largest absolute Gasteiger partial charge is 0.478 e. The molecule has 11 atom stereocenters. The van der Waals surface area contributed by atoms with E-state index in [2.05, 4.69) is 6.92 Å². The second-order valence-corrected chi connectivity index (χ2v) is 17.5. The smallest absolute Gasteiger partial charge is 0.331 e. The van der Waals surface area contributed by atoms with Crippen molar-refractivity contribution < 1.29 is 39.9 Å². The number of allylic oxidation sites excluding steroid dienone is 1. The number of ketones is 2. The molecule has 8 heteroatoms. The third-order valence-electron chi connectivity index (χ3n) is 14.2.